The normalized spacial score (nSPS) is 17.1. The van der Waals surface area contributed by atoms with Crippen molar-refractivity contribution in [3.05, 3.63) is 63.6 Å². The molecule has 2 amide bonds. The zero-order valence-corrected chi connectivity index (χ0v) is 21.3. The van der Waals surface area contributed by atoms with Crippen LogP contribution in [0.15, 0.2) is 41.5 Å². The first-order valence-corrected chi connectivity index (χ1v) is 12.2. The van der Waals surface area contributed by atoms with Crippen LogP contribution >= 0.6 is 0 Å². The molecule has 0 aliphatic carbocycles. The Morgan fingerprint density at radius 2 is 1.86 bits per heavy atom. The van der Waals surface area contributed by atoms with Crippen molar-refractivity contribution >= 4 is 11.8 Å². The second-order valence-corrected chi connectivity index (χ2v) is 10.1. The molecule has 0 bridgehead atoms. The van der Waals surface area contributed by atoms with E-state index in [1.807, 2.05) is 38.1 Å². The molecule has 8 heteroatoms. The summed E-state index contributed by atoms with van der Waals surface area (Å²) in [7, 11) is 1.59. The molecule has 1 aliphatic heterocycles. The summed E-state index contributed by atoms with van der Waals surface area (Å²) in [6, 6.07) is 7.40. The maximum Gasteiger partial charge on any atom is 0.256 e. The van der Waals surface area contributed by atoms with E-state index in [4.69, 9.17) is 9.47 Å². The molecule has 2 heterocycles. The summed E-state index contributed by atoms with van der Waals surface area (Å²) in [6.45, 7) is 9.41. The van der Waals surface area contributed by atoms with Crippen molar-refractivity contribution in [3.63, 3.8) is 0 Å². The molecule has 8 nitrogen and oxygen atoms in total. The van der Waals surface area contributed by atoms with Gasteiger partial charge in [0.05, 0.1) is 19.3 Å². The third kappa shape index (κ3) is 7.18. The summed E-state index contributed by atoms with van der Waals surface area (Å²) in [4.78, 5) is 39.4. The molecule has 0 radical (unpaired) electrons. The summed E-state index contributed by atoms with van der Waals surface area (Å²) in [5.41, 5.74) is -0.169. The predicted octanol–water partition coefficient (Wildman–Crippen LogP) is 3.37. The number of ether oxygens (including phenoxy) is 2. The summed E-state index contributed by atoms with van der Waals surface area (Å²) in [5.74, 6) is 0.137. The van der Waals surface area contributed by atoms with Gasteiger partial charge in [-0.15, -0.1) is 0 Å². The molecule has 1 aromatic carbocycles. The molecule has 1 saturated heterocycles. The Morgan fingerprint density at radius 1 is 1.17 bits per heavy atom. The van der Waals surface area contributed by atoms with Gasteiger partial charge in [0.25, 0.3) is 11.8 Å². The number of nitrogens with one attached hydrogen (secondary N) is 2. The average Bonchev–Trinajstić information content (AvgIpc) is 2.79. The van der Waals surface area contributed by atoms with Crippen LogP contribution in [0, 0.1) is 5.92 Å². The minimum absolute atomic E-state index is 0.0522. The Labute approximate surface area is 207 Å². The molecule has 2 aromatic rings. The first-order chi connectivity index (χ1) is 16.6. The fraction of sp³-hybridized carbons (Fsp3) is 0.519. The van der Waals surface area contributed by atoms with Crippen molar-refractivity contribution in [1.29, 1.82) is 0 Å². The van der Waals surface area contributed by atoms with Gasteiger partial charge in [-0.1, -0.05) is 32.0 Å². The van der Waals surface area contributed by atoms with Crippen molar-refractivity contribution in [2.75, 3.05) is 20.3 Å². The van der Waals surface area contributed by atoms with Gasteiger partial charge in [0.2, 0.25) is 5.43 Å². The van der Waals surface area contributed by atoms with Crippen LogP contribution in [0.4, 0.5) is 0 Å². The number of methoxy groups -OCH3 is 1. The maximum atomic E-state index is 13.3. The van der Waals surface area contributed by atoms with Crippen LogP contribution in [0.3, 0.4) is 0 Å². The lowest BCUT2D eigenvalue weighted by atomic mass is 9.93. The second-order valence-electron chi connectivity index (χ2n) is 10.1. The van der Waals surface area contributed by atoms with Gasteiger partial charge >= 0.3 is 0 Å². The molecule has 35 heavy (non-hydrogen) atoms. The second kappa shape index (κ2) is 11.5. The van der Waals surface area contributed by atoms with Crippen LogP contribution in [0.25, 0.3) is 0 Å². The van der Waals surface area contributed by atoms with Gasteiger partial charge < -0.3 is 24.7 Å². The third-order valence-electron chi connectivity index (χ3n) is 6.15. The number of rotatable bonds is 9. The largest absolute Gasteiger partial charge is 0.496 e. The van der Waals surface area contributed by atoms with E-state index in [0.717, 1.165) is 12.0 Å². The summed E-state index contributed by atoms with van der Waals surface area (Å²) < 4.78 is 12.9. The van der Waals surface area contributed by atoms with Crippen molar-refractivity contribution in [2.45, 2.75) is 65.1 Å². The number of para-hydroxylation sites is 1. The Balaban J connectivity index is 1.93. The summed E-state index contributed by atoms with van der Waals surface area (Å²) >= 11 is 0. The van der Waals surface area contributed by atoms with E-state index >= 15 is 0 Å². The van der Waals surface area contributed by atoms with Gasteiger partial charge in [-0.3, -0.25) is 14.4 Å². The zero-order chi connectivity index (χ0) is 25.6. The van der Waals surface area contributed by atoms with E-state index in [1.54, 1.807) is 11.7 Å². The average molecular weight is 484 g/mol. The van der Waals surface area contributed by atoms with Crippen LogP contribution < -0.4 is 20.8 Å². The highest BCUT2D eigenvalue weighted by Crippen LogP contribution is 2.24. The van der Waals surface area contributed by atoms with Crippen molar-refractivity contribution < 1.29 is 19.1 Å². The number of hydrogen-bond acceptors (Lipinski definition) is 5. The smallest absolute Gasteiger partial charge is 0.256 e. The lowest BCUT2D eigenvalue weighted by Crippen LogP contribution is -2.47. The van der Waals surface area contributed by atoms with E-state index in [0.29, 0.717) is 44.2 Å². The number of nitrogens with zero attached hydrogens (tertiary/aromatic N) is 1. The summed E-state index contributed by atoms with van der Waals surface area (Å²) in [6.07, 6.45) is 5.12. The fourth-order valence-electron chi connectivity index (χ4n) is 4.26. The molecule has 1 aliphatic rings. The number of aromatic nitrogens is 1. The highest BCUT2D eigenvalue weighted by molar-refractivity contribution is 5.99. The monoisotopic (exact) mass is 483 g/mol. The van der Waals surface area contributed by atoms with E-state index in [1.165, 1.54) is 12.4 Å². The molecule has 2 N–H and O–H groups in total. The van der Waals surface area contributed by atoms with Gasteiger partial charge in [-0.05, 0) is 45.1 Å². The highest BCUT2D eigenvalue weighted by atomic mass is 16.5. The number of carbonyl (C=O) groups is 2. The van der Waals surface area contributed by atoms with E-state index in [9.17, 15) is 14.4 Å². The molecule has 190 valence electrons. The maximum absolute atomic E-state index is 13.3. The molecule has 0 saturated carbocycles. The fourth-order valence-corrected chi connectivity index (χ4v) is 4.26. The molecule has 0 spiro atoms. The summed E-state index contributed by atoms with van der Waals surface area (Å²) in [5, 5.41) is 5.80. The van der Waals surface area contributed by atoms with Gasteiger partial charge in [-0.2, -0.15) is 0 Å². The zero-order valence-electron chi connectivity index (χ0n) is 21.3. The standard InChI is InChI=1S/C27H37N3O5/c1-18(2)10-12-28-25(32)21-16-30(15-19-8-6-7-9-23(19)34-5)17-22(24(21)31)26(33)29-20-11-13-35-27(3,4)14-20/h6-9,16-18,20H,10-15H2,1-5H3,(H,28,32)(H,29,33)/t20-/m1/s1. The molecular weight excluding hydrogens is 446 g/mol. The van der Waals surface area contributed by atoms with Gasteiger partial charge in [-0.25, -0.2) is 0 Å². The minimum atomic E-state index is -0.577. The Morgan fingerprint density at radius 3 is 2.51 bits per heavy atom. The van der Waals surface area contributed by atoms with Gasteiger partial charge in [0, 0.05) is 37.2 Å². The number of carbonyl (C=O) groups excluding carboxylic acids is 2. The third-order valence-corrected chi connectivity index (χ3v) is 6.15. The first kappa shape index (κ1) is 26.5. The van der Waals surface area contributed by atoms with Crippen LogP contribution in [-0.4, -0.2) is 48.3 Å². The Kier molecular flexibility index (Phi) is 8.72. The quantitative estimate of drug-likeness (QED) is 0.570. The lowest BCUT2D eigenvalue weighted by molar-refractivity contribution is -0.0615. The first-order valence-electron chi connectivity index (χ1n) is 12.2. The number of pyridine rings is 1. The SMILES string of the molecule is COc1ccccc1Cn1cc(C(=O)NCCC(C)C)c(=O)c(C(=O)N[C@@H]2CCOC(C)(C)C2)c1. The topological polar surface area (TPSA) is 98.7 Å². The molecule has 1 aromatic heterocycles. The van der Waals surface area contributed by atoms with Crippen LogP contribution in [0.1, 0.15) is 73.2 Å². The van der Waals surface area contributed by atoms with E-state index in [-0.39, 0.29) is 22.8 Å². The van der Waals surface area contributed by atoms with Crippen LogP contribution in [0.2, 0.25) is 0 Å². The van der Waals surface area contributed by atoms with Crippen molar-refractivity contribution in [1.82, 2.24) is 15.2 Å². The van der Waals surface area contributed by atoms with E-state index in [2.05, 4.69) is 24.5 Å². The van der Waals surface area contributed by atoms with Gasteiger partial charge in [0.15, 0.2) is 0 Å². The highest BCUT2D eigenvalue weighted by Gasteiger charge is 2.30. The molecule has 3 rings (SSSR count). The molecule has 1 fully saturated rings. The number of amides is 2. The van der Waals surface area contributed by atoms with Crippen LogP contribution in [-0.2, 0) is 11.3 Å². The predicted molar refractivity (Wildman–Crippen MR) is 135 cm³/mol. The number of hydrogen-bond donors (Lipinski definition) is 2. The minimum Gasteiger partial charge on any atom is -0.496 e. The Bertz CT molecular complexity index is 1110. The number of benzene rings is 1. The van der Waals surface area contributed by atoms with Crippen LogP contribution in [0.5, 0.6) is 5.75 Å². The Hall–Kier alpha value is -3.13. The van der Waals surface area contributed by atoms with Gasteiger partial charge in [0.1, 0.15) is 16.9 Å². The molecule has 1 atom stereocenters. The lowest BCUT2D eigenvalue weighted by Gasteiger charge is -2.35. The van der Waals surface area contributed by atoms with Crippen molar-refractivity contribution in [2.24, 2.45) is 5.92 Å². The van der Waals surface area contributed by atoms with Crippen molar-refractivity contribution in [3.8, 4) is 5.75 Å². The molecular formula is C27H37N3O5. The van der Waals surface area contributed by atoms with E-state index < -0.39 is 17.2 Å². The molecule has 0 unspecified atom stereocenters.